The van der Waals surface area contributed by atoms with Crippen molar-refractivity contribution < 1.29 is 5.11 Å². The molecule has 5 rings (SSSR count). The SMILES string of the molecule is O[C@@H]1C[C@H]2CN(c3nccc4ncccc34)C[C@H]2C[C@H]1n1cccn1. The minimum Gasteiger partial charge on any atom is -0.391 e. The first-order valence-electron chi connectivity index (χ1n) is 8.91. The van der Waals surface area contributed by atoms with Crippen molar-refractivity contribution in [1.82, 2.24) is 19.7 Å². The van der Waals surface area contributed by atoms with Gasteiger partial charge in [0.1, 0.15) is 5.82 Å². The number of fused-ring (bicyclic) bond motifs is 2. The van der Waals surface area contributed by atoms with E-state index in [1.807, 2.05) is 41.5 Å². The molecule has 25 heavy (non-hydrogen) atoms. The molecule has 0 bridgehead atoms. The molecule has 0 amide bonds. The van der Waals surface area contributed by atoms with Crippen molar-refractivity contribution in [2.75, 3.05) is 18.0 Å². The molecule has 3 aromatic heterocycles. The average molecular weight is 335 g/mol. The Morgan fingerprint density at radius 3 is 2.68 bits per heavy atom. The molecule has 4 atom stereocenters. The number of hydrogen-bond acceptors (Lipinski definition) is 5. The van der Waals surface area contributed by atoms with Crippen molar-refractivity contribution >= 4 is 16.7 Å². The summed E-state index contributed by atoms with van der Waals surface area (Å²) in [5.41, 5.74) is 0.983. The number of rotatable bonds is 2. The zero-order chi connectivity index (χ0) is 16.8. The lowest BCUT2D eigenvalue weighted by molar-refractivity contribution is 0.0306. The maximum absolute atomic E-state index is 10.6. The van der Waals surface area contributed by atoms with Crippen LogP contribution in [-0.4, -0.2) is 44.0 Å². The first-order chi connectivity index (χ1) is 12.3. The summed E-state index contributed by atoms with van der Waals surface area (Å²) in [5, 5.41) is 16.1. The van der Waals surface area contributed by atoms with Crippen molar-refractivity contribution in [3.05, 3.63) is 49.1 Å². The first-order valence-corrected chi connectivity index (χ1v) is 8.91. The van der Waals surface area contributed by atoms with Crippen molar-refractivity contribution in [3.63, 3.8) is 0 Å². The highest BCUT2D eigenvalue weighted by atomic mass is 16.3. The minimum atomic E-state index is -0.330. The number of hydrogen-bond donors (Lipinski definition) is 1. The van der Waals surface area contributed by atoms with Gasteiger partial charge in [-0.3, -0.25) is 9.67 Å². The zero-order valence-corrected chi connectivity index (χ0v) is 13.9. The molecule has 3 aromatic rings. The molecule has 2 aliphatic rings. The van der Waals surface area contributed by atoms with E-state index in [-0.39, 0.29) is 12.1 Å². The van der Waals surface area contributed by atoms with Crippen LogP contribution in [0.1, 0.15) is 18.9 Å². The average Bonchev–Trinajstić information content (AvgIpc) is 3.29. The van der Waals surface area contributed by atoms with Crippen molar-refractivity contribution in [2.24, 2.45) is 11.8 Å². The Labute approximate surface area is 146 Å². The van der Waals surface area contributed by atoms with E-state index in [0.717, 1.165) is 42.7 Å². The zero-order valence-electron chi connectivity index (χ0n) is 13.9. The lowest BCUT2D eigenvalue weighted by Crippen LogP contribution is -2.36. The van der Waals surface area contributed by atoms with Gasteiger partial charge >= 0.3 is 0 Å². The fraction of sp³-hybridized carbons (Fsp3) is 0.421. The largest absolute Gasteiger partial charge is 0.391 e. The Hall–Kier alpha value is -2.47. The van der Waals surface area contributed by atoms with Crippen LogP contribution in [-0.2, 0) is 0 Å². The summed E-state index contributed by atoms with van der Waals surface area (Å²) in [5.74, 6) is 2.09. The molecule has 128 valence electrons. The van der Waals surface area contributed by atoms with E-state index in [0.29, 0.717) is 11.8 Å². The van der Waals surface area contributed by atoms with Crippen molar-refractivity contribution in [3.8, 4) is 0 Å². The third kappa shape index (κ3) is 2.48. The number of aromatic nitrogens is 4. The van der Waals surface area contributed by atoms with Gasteiger partial charge in [0.2, 0.25) is 0 Å². The number of nitrogens with zero attached hydrogens (tertiary/aromatic N) is 5. The van der Waals surface area contributed by atoms with Crippen LogP contribution >= 0.6 is 0 Å². The molecule has 1 aliphatic heterocycles. The van der Waals surface area contributed by atoms with Gasteiger partial charge in [-0.25, -0.2) is 4.98 Å². The normalized spacial score (nSPS) is 29.1. The van der Waals surface area contributed by atoms with E-state index in [9.17, 15) is 5.11 Å². The molecule has 1 aliphatic carbocycles. The number of aliphatic hydroxyl groups is 1. The monoisotopic (exact) mass is 335 g/mol. The van der Waals surface area contributed by atoms with Crippen LogP contribution in [0.2, 0.25) is 0 Å². The van der Waals surface area contributed by atoms with Gasteiger partial charge in [0, 0.05) is 43.3 Å². The third-order valence-electron chi connectivity index (χ3n) is 5.78. The van der Waals surface area contributed by atoms with Gasteiger partial charge < -0.3 is 10.0 Å². The topological polar surface area (TPSA) is 67.1 Å². The van der Waals surface area contributed by atoms with Gasteiger partial charge in [-0.05, 0) is 48.9 Å². The molecule has 2 fully saturated rings. The summed E-state index contributed by atoms with van der Waals surface area (Å²) in [4.78, 5) is 11.5. The predicted molar refractivity (Wildman–Crippen MR) is 95.2 cm³/mol. The lowest BCUT2D eigenvalue weighted by Gasteiger charge is -2.35. The number of pyridine rings is 2. The highest BCUT2D eigenvalue weighted by molar-refractivity contribution is 5.89. The van der Waals surface area contributed by atoms with E-state index < -0.39 is 0 Å². The van der Waals surface area contributed by atoms with Crippen molar-refractivity contribution in [1.29, 1.82) is 0 Å². The molecule has 1 saturated heterocycles. The maximum atomic E-state index is 10.6. The van der Waals surface area contributed by atoms with E-state index in [1.54, 1.807) is 6.20 Å². The van der Waals surface area contributed by atoms with Gasteiger partial charge in [-0.2, -0.15) is 5.10 Å². The highest BCUT2D eigenvalue weighted by Gasteiger charge is 2.43. The Morgan fingerprint density at radius 1 is 0.960 bits per heavy atom. The Kier molecular flexibility index (Phi) is 3.45. The van der Waals surface area contributed by atoms with Crippen LogP contribution < -0.4 is 4.90 Å². The third-order valence-corrected chi connectivity index (χ3v) is 5.78. The number of anilines is 1. The molecule has 0 unspecified atom stereocenters. The van der Waals surface area contributed by atoms with Gasteiger partial charge in [-0.15, -0.1) is 0 Å². The van der Waals surface area contributed by atoms with Crippen LogP contribution in [0.3, 0.4) is 0 Å². The van der Waals surface area contributed by atoms with E-state index >= 15 is 0 Å². The van der Waals surface area contributed by atoms with Crippen LogP contribution in [0.15, 0.2) is 49.1 Å². The Bertz CT molecular complexity index is 875. The van der Waals surface area contributed by atoms with Gasteiger partial charge in [0.25, 0.3) is 0 Å². The standard InChI is InChI=1S/C19H21N5O/c25-18-10-14-12-23(11-13(14)9-17(18)24-8-2-6-22-24)19-15-3-1-5-20-16(15)4-7-21-19/h1-8,13-14,17-18,25H,9-12H2/t13-,14+,17-,18-/m1/s1. The summed E-state index contributed by atoms with van der Waals surface area (Å²) in [6, 6.07) is 8.02. The van der Waals surface area contributed by atoms with Crippen LogP contribution in [0.4, 0.5) is 5.82 Å². The molecule has 6 nitrogen and oxygen atoms in total. The molecular weight excluding hydrogens is 314 g/mol. The second-order valence-electron chi connectivity index (χ2n) is 7.22. The quantitative estimate of drug-likeness (QED) is 0.778. The minimum absolute atomic E-state index is 0.0818. The summed E-state index contributed by atoms with van der Waals surface area (Å²) < 4.78 is 1.92. The molecule has 0 spiro atoms. The molecule has 0 aromatic carbocycles. The second kappa shape index (κ2) is 5.81. The van der Waals surface area contributed by atoms with E-state index in [4.69, 9.17) is 0 Å². The predicted octanol–water partition coefficient (Wildman–Crippen LogP) is 2.27. The summed E-state index contributed by atoms with van der Waals surface area (Å²) in [6.07, 6.45) is 8.87. The molecule has 1 saturated carbocycles. The first kappa shape index (κ1) is 14.8. The number of aliphatic hydroxyl groups excluding tert-OH is 1. The summed E-state index contributed by atoms with van der Waals surface area (Å²) in [7, 11) is 0. The molecule has 6 heteroatoms. The van der Waals surface area contributed by atoms with Crippen LogP contribution in [0.25, 0.3) is 10.9 Å². The van der Waals surface area contributed by atoms with Gasteiger partial charge in [0.15, 0.2) is 0 Å². The molecule has 0 radical (unpaired) electrons. The maximum Gasteiger partial charge on any atom is 0.138 e. The summed E-state index contributed by atoms with van der Waals surface area (Å²) >= 11 is 0. The highest BCUT2D eigenvalue weighted by Crippen LogP contribution is 2.42. The van der Waals surface area contributed by atoms with Gasteiger partial charge in [-0.1, -0.05) is 0 Å². The van der Waals surface area contributed by atoms with Crippen LogP contribution in [0.5, 0.6) is 0 Å². The second-order valence-corrected chi connectivity index (χ2v) is 7.22. The molecule has 4 heterocycles. The van der Waals surface area contributed by atoms with E-state index in [2.05, 4.69) is 26.0 Å². The van der Waals surface area contributed by atoms with Crippen LogP contribution in [0, 0.1) is 11.8 Å². The van der Waals surface area contributed by atoms with Gasteiger partial charge in [0.05, 0.1) is 17.7 Å². The Balaban J connectivity index is 1.42. The molecule has 1 N–H and O–H groups in total. The Morgan fingerprint density at radius 2 is 1.84 bits per heavy atom. The summed E-state index contributed by atoms with van der Waals surface area (Å²) in [6.45, 7) is 1.94. The fourth-order valence-corrected chi connectivity index (χ4v) is 4.58. The fourth-order valence-electron chi connectivity index (χ4n) is 4.58. The van der Waals surface area contributed by atoms with E-state index in [1.165, 1.54) is 0 Å². The lowest BCUT2D eigenvalue weighted by atomic mass is 9.77. The smallest absolute Gasteiger partial charge is 0.138 e. The van der Waals surface area contributed by atoms with Crippen molar-refractivity contribution in [2.45, 2.75) is 25.0 Å². The molecular formula is C19H21N5O.